The summed E-state index contributed by atoms with van der Waals surface area (Å²) in [6, 6.07) is 4.28. The number of benzene rings is 1. The van der Waals surface area contributed by atoms with Gasteiger partial charge in [0.25, 0.3) is 0 Å². The smallest absolute Gasteiger partial charge is 0.336 e. The van der Waals surface area contributed by atoms with Crippen molar-refractivity contribution in [2.24, 2.45) is 0 Å². The molecule has 8 heteroatoms. The summed E-state index contributed by atoms with van der Waals surface area (Å²) in [6.45, 7) is 1.06. The standard InChI is InChI=1S/C16H18O8/c1-7-4-12(18)23-10-5-8(2-3-9(7)10)22-16-15(21)14(20)13(19)11(6-17)24-16/h2-5,11,13-17,19-21H,6H2,1H3/t11-,13+,14+,15-,16?/m1/s1/i4D. The molecule has 2 aromatic rings. The highest BCUT2D eigenvalue weighted by Crippen LogP contribution is 2.27. The zero-order valence-corrected chi connectivity index (χ0v) is 12.7. The van der Waals surface area contributed by atoms with Crippen molar-refractivity contribution in [1.29, 1.82) is 0 Å². The number of hydrogen-bond donors (Lipinski definition) is 4. The maximum absolute atomic E-state index is 11.6. The summed E-state index contributed by atoms with van der Waals surface area (Å²) in [5.74, 6) is 0.178. The minimum atomic E-state index is -1.55. The van der Waals surface area contributed by atoms with Crippen molar-refractivity contribution < 1.29 is 35.7 Å². The van der Waals surface area contributed by atoms with Crippen LogP contribution in [-0.4, -0.2) is 57.7 Å². The molecule has 0 bridgehead atoms. The van der Waals surface area contributed by atoms with Gasteiger partial charge in [0.2, 0.25) is 6.29 Å². The van der Waals surface area contributed by atoms with Crippen LogP contribution in [0.4, 0.5) is 0 Å². The molecule has 8 nitrogen and oxygen atoms in total. The van der Waals surface area contributed by atoms with Gasteiger partial charge in [-0.2, -0.15) is 0 Å². The van der Waals surface area contributed by atoms with Gasteiger partial charge >= 0.3 is 5.63 Å². The quantitative estimate of drug-likeness (QED) is 0.539. The molecule has 1 unspecified atom stereocenters. The number of aliphatic hydroxyl groups is 4. The van der Waals surface area contributed by atoms with Gasteiger partial charge in [0, 0.05) is 17.5 Å². The number of fused-ring (bicyclic) bond motifs is 1. The van der Waals surface area contributed by atoms with Crippen LogP contribution >= 0.6 is 0 Å². The Morgan fingerprint density at radius 2 is 2.00 bits per heavy atom. The first-order valence-corrected chi connectivity index (χ1v) is 7.34. The average molecular weight is 339 g/mol. The van der Waals surface area contributed by atoms with Crippen molar-refractivity contribution in [3.05, 3.63) is 40.2 Å². The van der Waals surface area contributed by atoms with Crippen LogP contribution in [0.1, 0.15) is 6.93 Å². The fourth-order valence-electron chi connectivity index (χ4n) is 2.61. The lowest BCUT2D eigenvalue weighted by atomic mass is 9.99. The molecule has 3 rings (SSSR count). The molecule has 4 N–H and O–H groups in total. The van der Waals surface area contributed by atoms with Crippen molar-refractivity contribution in [3.8, 4) is 5.75 Å². The van der Waals surface area contributed by atoms with E-state index in [1.807, 2.05) is 0 Å². The second kappa shape index (κ2) is 6.50. The fraction of sp³-hybridized carbons (Fsp3) is 0.438. The average Bonchev–Trinajstić information content (AvgIpc) is 2.60. The van der Waals surface area contributed by atoms with Crippen molar-refractivity contribution >= 4 is 11.0 Å². The summed E-state index contributed by atoms with van der Waals surface area (Å²) in [5.41, 5.74) is -0.124. The van der Waals surface area contributed by atoms with E-state index in [1.54, 1.807) is 13.0 Å². The largest absolute Gasteiger partial charge is 0.462 e. The number of rotatable bonds is 3. The van der Waals surface area contributed by atoms with Crippen LogP contribution in [0.25, 0.3) is 11.0 Å². The molecule has 0 radical (unpaired) electrons. The highest BCUT2D eigenvalue weighted by Gasteiger charge is 2.44. The third-order valence-corrected chi connectivity index (χ3v) is 3.95. The predicted octanol–water partition coefficient (Wildman–Crippen LogP) is -0.720. The third-order valence-electron chi connectivity index (χ3n) is 3.95. The number of ether oxygens (including phenoxy) is 2. The minimum Gasteiger partial charge on any atom is -0.462 e. The summed E-state index contributed by atoms with van der Waals surface area (Å²) < 4.78 is 23.4. The van der Waals surface area contributed by atoms with E-state index in [0.29, 0.717) is 10.9 Å². The van der Waals surface area contributed by atoms with Crippen molar-refractivity contribution in [2.75, 3.05) is 6.61 Å². The lowest BCUT2D eigenvalue weighted by Gasteiger charge is -2.39. The molecule has 0 aliphatic carbocycles. The van der Waals surface area contributed by atoms with E-state index in [1.165, 1.54) is 12.1 Å². The second-order valence-electron chi connectivity index (χ2n) is 5.61. The maximum atomic E-state index is 11.6. The Morgan fingerprint density at radius 1 is 1.25 bits per heavy atom. The maximum Gasteiger partial charge on any atom is 0.336 e. The lowest BCUT2D eigenvalue weighted by Crippen LogP contribution is -2.60. The molecule has 2 heterocycles. The Hall–Kier alpha value is -1.97. The van der Waals surface area contributed by atoms with E-state index in [2.05, 4.69) is 0 Å². The molecule has 1 aliphatic rings. The van der Waals surface area contributed by atoms with Crippen LogP contribution in [-0.2, 0) is 4.74 Å². The van der Waals surface area contributed by atoms with Gasteiger partial charge in [-0.25, -0.2) is 4.79 Å². The molecule has 1 aliphatic heterocycles. The molecule has 1 aromatic carbocycles. The Balaban J connectivity index is 1.90. The molecule has 1 saturated heterocycles. The van der Waals surface area contributed by atoms with E-state index in [4.69, 9.17) is 15.3 Å². The molecular weight excluding hydrogens is 320 g/mol. The number of aliphatic hydroxyl groups excluding tert-OH is 4. The topological polar surface area (TPSA) is 130 Å². The highest BCUT2D eigenvalue weighted by molar-refractivity contribution is 5.81. The lowest BCUT2D eigenvalue weighted by molar-refractivity contribution is -0.277. The van der Waals surface area contributed by atoms with Gasteiger partial charge in [-0.15, -0.1) is 0 Å². The molecule has 130 valence electrons. The Morgan fingerprint density at radius 3 is 2.71 bits per heavy atom. The molecule has 0 spiro atoms. The molecule has 5 atom stereocenters. The van der Waals surface area contributed by atoms with E-state index in [-0.39, 0.29) is 17.4 Å². The molecular formula is C16H18O8. The monoisotopic (exact) mass is 339 g/mol. The first kappa shape index (κ1) is 15.6. The normalized spacial score (nSPS) is 31.0. The van der Waals surface area contributed by atoms with Gasteiger partial charge in [0.05, 0.1) is 7.98 Å². The van der Waals surface area contributed by atoms with Gasteiger partial charge in [-0.3, -0.25) is 0 Å². The van der Waals surface area contributed by atoms with Gasteiger partial charge in [0.1, 0.15) is 35.7 Å². The van der Waals surface area contributed by atoms with E-state index < -0.39 is 42.9 Å². The molecule has 0 saturated carbocycles. The third kappa shape index (κ3) is 3.02. The number of aryl methyl sites for hydroxylation is 1. The summed E-state index contributed by atoms with van der Waals surface area (Å²) in [7, 11) is 0. The SMILES string of the molecule is [2H]c1c(C)c2ccc(OC3O[C@H](CO)[C@H](O)[C@H](O)[C@H]3O)cc2oc1=O. The van der Waals surface area contributed by atoms with Crippen molar-refractivity contribution in [2.45, 2.75) is 37.6 Å². The van der Waals surface area contributed by atoms with Crippen LogP contribution in [0.3, 0.4) is 0 Å². The van der Waals surface area contributed by atoms with Crippen molar-refractivity contribution in [1.82, 2.24) is 0 Å². The molecule has 0 amide bonds. The van der Waals surface area contributed by atoms with E-state index in [0.717, 1.165) is 0 Å². The van der Waals surface area contributed by atoms with Gasteiger partial charge < -0.3 is 34.3 Å². The van der Waals surface area contributed by atoms with E-state index in [9.17, 15) is 25.2 Å². The van der Waals surface area contributed by atoms with Crippen molar-refractivity contribution in [3.63, 3.8) is 0 Å². The second-order valence-corrected chi connectivity index (χ2v) is 5.61. The zero-order valence-electron chi connectivity index (χ0n) is 13.7. The Bertz CT molecular complexity index is 833. The Labute approximate surface area is 137 Å². The predicted molar refractivity (Wildman–Crippen MR) is 81.6 cm³/mol. The summed E-state index contributed by atoms with van der Waals surface area (Å²) in [5, 5.41) is 39.2. The van der Waals surface area contributed by atoms with Crippen LogP contribution in [0, 0.1) is 6.92 Å². The van der Waals surface area contributed by atoms with Crippen LogP contribution < -0.4 is 10.4 Å². The summed E-state index contributed by atoms with van der Waals surface area (Å²) >= 11 is 0. The summed E-state index contributed by atoms with van der Waals surface area (Å²) in [4.78, 5) is 11.6. The zero-order chi connectivity index (χ0) is 18.3. The number of hydrogen-bond acceptors (Lipinski definition) is 8. The molecule has 1 fully saturated rings. The van der Waals surface area contributed by atoms with E-state index >= 15 is 0 Å². The fourth-order valence-corrected chi connectivity index (χ4v) is 2.61. The van der Waals surface area contributed by atoms with Gasteiger partial charge in [-0.05, 0) is 24.6 Å². The summed E-state index contributed by atoms with van der Waals surface area (Å²) in [6.07, 6.45) is -7.00. The molecule has 1 aromatic heterocycles. The highest BCUT2D eigenvalue weighted by atomic mass is 16.7. The van der Waals surface area contributed by atoms with Gasteiger partial charge in [0.15, 0.2) is 0 Å². The first-order valence-electron chi connectivity index (χ1n) is 7.84. The first-order chi connectivity index (χ1) is 11.8. The molecule has 24 heavy (non-hydrogen) atoms. The van der Waals surface area contributed by atoms with Crippen LogP contribution in [0.15, 0.2) is 33.5 Å². The van der Waals surface area contributed by atoms with Crippen LogP contribution in [0.5, 0.6) is 5.75 Å². The Kier molecular flexibility index (Phi) is 4.21. The van der Waals surface area contributed by atoms with Gasteiger partial charge in [-0.1, -0.05) is 0 Å². The minimum absolute atomic E-state index is 0.178. The van der Waals surface area contributed by atoms with Crippen LogP contribution in [0.2, 0.25) is 0 Å².